The van der Waals surface area contributed by atoms with Gasteiger partial charge >= 0.3 is 12.5 Å². The third-order valence-corrected chi connectivity index (χ3v) is 4.36. The van der Waals surface area contributed by atoms with Crippen molar-refractivity contribution in [3.63, 3.8) is 0 Å². The lowest BCUT2D eigenvalue weighted by Gasteiger charge is -2.14. The number of allylic oxidation sites excluding steroid dienone is 2. The van der Waals surface area contributed by atoms with E-state index in [9.17, 15) is 26.3 Å². The molecule has 3 aromatic carbocycles. The monoisotopic (exact) mass is 452 g/mol. The first kappa shape index (κ1) is 23.2. The van der Waals surface area contributed by atoms with E-state index in [4.69, 9.17) is 4.74 Å². The van der Waals surface area contributed by atoms with E-state index < -0.39 is 23.9 Å². The Hall–Kier alpha value is -3.42. The smallest absolute Gasteiger partial charge is 0.457 e. The van der Waals surface area contributed by atoms with Gasteiger partial charge in [-0.2, -0.15) is 13.2 Å². The SMILES string of the molecule is FC(F)(F)Oc1ccc(C(=CCCc2cccc(Oc3ccccc3)c2)C(F)(F)F)cc1. The van der Waals surface area contributed by atoms with Crippen molar-refractivity contribution in [2.75, 3.05) is 0 Å². The van der Waals surface area contributed by atoms with E-state index in [0.29, 0.717) is 17.9 Å². The molecule has 0 aliphatic carbocycles. The van der Waals surface area contributed by atoms with Gasteiger partial charge in [-0.25, -0.2) is 0 Å². The van der Waals surface area contributed by atoms with Crippen LogP contribution in [0.5, 0.6) is 17.2 Å². The van der Waals surface area contributed by atoms with Gasteiger partial charge in [-0.05, 0) is 60.4 Å². The zero-order valence-electron chi connectivity index (χ0n) is 16.6. The standard InChI is InChI=1S/C24H18F6O2/c25-23(26,27)22(18-12-14-20(15-13-18)32-24(28,29)30)11-5-7-17-6-4-10-21(16-17)31-19-8-2-1-3-9-19/h1-4,6,8-16H,5,7H2. The molecule has 168 valence electrons. The molecule has 0 amide bonds. The minimum atomic E-state index is -4.91. The Bertz CT molecular complexity index is 1040. The summed E-state index contributed by atoms with van der Waals surface area (Å²) in [6.07, 6.45) is -8.15. The van der Waals surface area contributed by atoms with Crippen molar-refractivity contribution in [3.8, 4) is 17.2 Å². The summed E-state index contributed by atoms with van der Waals surface area (Å²) < 4.78 is 86.7. The van der Waals surface area contributed by atoms with Gasteiger partial charge in [-0.1, -0.05) is 48.5 Å². The van der Waals surface area contributed by atoms with Crippen molar-refractivity contribution in [3.05, 3.63) is 96.1 Å². The van der Waals surface area contributed by atoms with Gasteiger partial charge in [0.25, 0.3) is 0 Å². The number of hydrogen-bond acceptors (Lipinski definition) is 2. The second kappa shape index (κ2) is 9.80. The number of halogens is 6. The van der Waals surface area contributed by atoms with E-state index in [0.717, 1.165) is 35.9 Å². The number of alkyl halides is 6. The zero-order valence-corrected chi connectivity index (χ0v) is 16.6. The van der Waals surface area contributed by atoms with Gasteiger partial charge in [0, 0.05) is 0 Å². The fourth-order valence-electron chi connectivity index (χ4n) is 3.01. The largest absolute Gasteiger partial charge is 0.573 e. The van der Waals surface area contributed by atoms with Gasteiger partial charge in [-0.3, -0.25) is 0 Å². The summed E-state index contributed by atoms with van der Waals surface area (Å²) in [5.74, 6) is 0.619. The lowest BCUT2D eigenvalue weighted by atomic mass is 10.0. The molecule has 0 N–H and O–H groups in total. The Morgan fingerprint density at radius 2 is 1.38 bits per heavy atom. The summed E-state index contributed by atoms with van der Waals surface area (Å²) in [6, 6.07) is 19.7. The van der Waals surface area contributed by atoms with Crippen LogP contribution in [-0.4, -0.2) is 12.5 Å². The number of para-hydroxylation sites is 1. The number of aryl methyl sites for hydroxylation is 1. The first-order valence-corrected chi connectivity index (χ1v) is 9.55. The molecule has 0 heterocycles. The van der Waals surface area contributed by atoms with Crippen LogP contribution >= 0.6 is 0 Å². The number of benzene rings is 3. The molecule has 0 saturated heterocycles. The molecule has 0 spiro atoms. The van der Waals surface area contributed by atoms with Crippen molar-refractivity contribution in [1.29, 1.82) is 0 Å². The van der Waals surface area contributed by atoms with Crippen molar-refractivity contribution in [2.45, 2.75) is 25.4 Å². The van der Waals surface area contributed by atoms with E-state index >= 15 is 0 Å². The predicted molar refractivity (Wildman–Crippen MR) is 108 cm³/mol. The lowest BCUT2D eigenvalue weighted by Crippen LogP contribution is -2.17. The average molecular weight is 452 g/mol. The number of ether oxygens (including phenoxy) is 2. The molecule has 0 fully saturated rings. The molecule has 3 rings (SSSR count). The lowest BCUT2D eigenvalue weighted by molar-refractivity contribution is -0.274. The van der Waals surface area contributed by atoms with Crippen LogP contribution in [0.1, 0.15) is 17.5 Å². The van der Waals surface area contributed by atoms with Crippen LogP contribution in [0.25, 0.3) is 5.57 Å². The summed E-state index contributed by atoms with van der Waals surface area (Å²) >= 11 is 0. The van der Waals surface area contributed by atoms with Gasteiger partial charge in [-0.15, -0.1) is 13.2 Å². The van der Waals surface area contributed by atoms with Crippen LogP contribution in [0.3, 0.4) is 0 Å². The molecule has 0 unspecified atom stereocenters. The molecular formula is C24H18F6O2. The molecule has 0 aliphatic rings. The van der Waals surface area contributed by atoms with Crippen LogP contribution in [0.15, 0.2) is 84.9 Å². The van der Waals surface area contributed by atoms with Crippen molar-refractivity contribution in [2.24, 2.45) is 0 Å². The predicted octanol–water partition coefficient (Wildman–Crippen LogP) is 7.96. The first-order valence-electron chi connectivity index (χ1n) is 9.55. The maximum atomic E-state index is 13.5. The van der Waals surface area contributed by atoms with Crippen LogP contribution in [0.4, 0.5) is 26.3 Å². The van der Waals surface area contributed by atoms with Crippen LogP contribution in [0.2, 0.25) is 0 Å². The highest BCUT2D eigenvalue weighted by Gasteiger charge is 2.35. The molecule has 8 heteroatoms. The highest BCUT2D eigenvalue weighted by molar-refractivity contribution is 5.70. The summed E-state index contributed by atoms with van der Waals surface area (Å²) in [7, 11) is 0. The average Bonchev–Trinajstić information content (AvgIpc) is 2.71. The Morgan fingerprint density at radius 1 is 0.719 bits per heavy atom. The Balaban J connectivity index is 1.70. The Morgan fingerprint density at radius 3 is 2.00 bits per heavy atom. The van der Waals surface area contributed by atoms with Crippen molar-refractivity contribution < 1.29 is 35.8 Å². The molecule has 0 radical (unpaired) electrons. The summed E-state index contributed by atoms with van der Waals surface area (Å²) in [6.45, 7) is 0. The first-order chi connectivity index (χ1) is 15.1. The summed E-state index contributed by atoms with van der Waals surface area (Å²) in [4.78, 5) is 0. The molecule has 3 aromatic rings. The molecule has 2 nitrogen and oxygen atoms in total. The number of rotatable bonds is 7. The Kier molecular flexibility index (Phi) is 7.12. The second-order valence-electron chi connectivity index (χ2n) is 6.79. The normalized spacial score (nSPS) is 12.5. The topological polar surface area (TPSA) is 18.5 Å². The fourth-order valence-corrected chi connectivity index (χ4v) is 3.01. The van der Waals surface area contributed by atoms with Gasteiger partial charge in [0.1, 0.15) is 17.2 Å². The maximum Gasteiger partial charge on any atom is 0.573 e. The van der Waals surface area contributed by atoms with Crippen LogP contribution < -0.4 is 9.47 Å². The maximum absolute atomic E-state index is 13.5. The summed E-state index contributed by atoms with van der Waals surface area (Å²) in [5.41, 5.74) is -0.383. The van der Waals surface area contributed by atoms with Crippen LogP contribution in [0, 0.1) is 0 Å². The minimum absolute atomic E-state index is 0.0738. The van der Waals surface area contributed by atoms with Gasteiger partial charge in [0.05, 0.1) is 5.57 Å². The summed E-state index contributed by atoms with van der Waals surface area (Å²) in [5, 5.41) is 0. The third kappa shape index (κ3) is 7.08. The van der Waals surface area contributed by atoms with E-state index in [1.54, 1.807) is 36.4 Å². The molecule has 0 aromatic heterocycles. The fraction of sp³-hybridized carbons (Fsp3) is 0.167. The highest BCUT2D eigenvalue weighted by Crippen LogP contribution is 2.35. The molecule has 0 bridgehead atoms. The number of hydrogen-bond donors (Lipinski definition) is 0. The van der Waals surface area contributed by atoms with Gasteiger partial charge in [0.15, 0.2) is 0 Å². The molecule has 0 atom stereocenters. The molecule has 32 heavy (non-hydrogen) atoms. The van der Waals surface area contributed by atoms with E-state index in [1.165, 1.54) is 0 Å². The highest BCUT2D eigenvalue weighted by atomic mass is 19.4. The molecular weight excluding hydrogens is 434 g/mol. The Labute approximate surface area is 180 Å². The zero-order chi connectivity index (χ0) is 23.2. The molecule has 0 aliphatic heterocycles. The molecule has 0 saturated carbocycles. The quantitative estimate of drug-likeness (QED) is 0.339. The van der Waals surface area contributed by atoms with Crippen LogP contribution in [-0.2, 0) is 6.42 Å². The van der Waals surface area contributed by atoms with Crippen molar-refractivity contribution >= 4 is 5.57 Å². The van der Waals surface area contributed by atoms with E-state index in [2.05, 4.69) is 4.74 Å². The third-order valence-electron chi connectivity index (χ3n) is 4.36. The van der Waals surface area contributed by atoms with E-state index in [-0.39, 0.29) is 12.0 Å². The van der Waals surface area contributed by atoms with Gasteiger partial charge in [0.2, 0.25) is 0 Å². The minimum Gasteiger partial charge on any atom is -0.457 e. The van der Waals surface area contributed by atoms with Crippen molar-refractivity contribution in [1.82, 2.24) is 0 Å². The second-order valence-corrected chi connectivity index (χ2v) is 6.79. The van der Waals surface area contributed by atoms with Gasteiger partial charge < -0.3 is 9.47 Å². The van der Waals surface area contributed by atoms with E-state index in [1.807, 2.05) is 18.2 Å².